The summed E-state index contributed by atoms with van der Waals surface area (Å²) in [5.41, 5.74) is 1.04. The molecule has 0 aliphatic carbocycles. The molecule has 21 heavy (non-hydrogen) atoms. The van der Waals surface area contributed by atoms with Gasteiger partial charge >= 0.3 is 0 Å². The van der Waals surface area contributed by atoms with Crippen LogP contribution in [0.3, 0.4) is 0 Å². The Morgan fingerprint density at radius 3 is 2.71 bits per heavy atom. The number of benzene rings is 1. The average molecular weight is 311 g/mol. The standard InChI is InChI=1S/C13H17N3O4S/c1-16-6-5-11(15-16)8-14-21(18,19)12-3-4-13(20-2)10(7-12)9-17/h3-7,14,17H,8-9H2,1-2H3. The zero-order chi connectivity index (χ0) is 15.5. The third-order valence-electron chi connectivity index (χ3n) is 2.94. The van der Waals surface area contributed by atoms with E-state index in [1.165, 1.54) is 25.3 Å². The van der Waals surface area contributed by atoms with Crippen LogP contribution in [-0.4, -0.2) is 30.4 Å². The van der Waals surface area contributed by atoms with Gasteiger partial charge in [-0.3, -0.25) is 4.68 Å². The van der Waals surface area contributed by atoms with Gasteiger partial charge in [0, 0.05) is 18.8 Å². The summed E-state index contributed by atoms with van der Waals surface area (Å²) in [6.07, 6.45) is 1.74. The van der Waals surface area contributed by atoms with Gasteiger partial charge in [-0.25, -0.2) is 13.1 Å². The molecular formula is C13H17N3O4S. The highest BCUT2D eigenvalue weighted by Gasteiger charge is 2.16. The van der Waals surface area contributed by atoms with E-state index < -0.39 is 10.0 Å². The maximum absolute atomic E-state index is 12.2. The number of rotatable bonds is 6. The van der Waals surface area contributed by atoms with Crippen molar-refractivity contribution < 1.29 is 18.3 Å². The second-order valence-electron chi connectivity index (χ2n) is 4.44. The molecule has 114 valence electrons. The summed E-state index contributed by atoms with van der Waals surface area (Å²) in [6, 6.07) is 6.06. The first-order chi connectivity index (χ1) is 9.96. The van der Waals surface area contributed by atoms with Gasteiger partial charge in [0.2, 0.25) is 10.0 Å². The zero-order valence-electron chi connectivity index (χ0n) is 11.8. The Kier molecular flexibility index (Phi) is 4.61. The van der Waals surface area contributed by atoms with Crippen LogP contribution >= 0.6 is 0 Å². The number of nitrogens with one attached hydrogen (secondary N) is 1. The van der Waals surface area contributed by atoms with Crippen LogP contribution in [0.1, 0.15) is 11.3 Å². The topological polar surface area (TPSA) is 93.5 Å². The third kappa shape index (κ3) is 3.60. The van der Waals surface area contributed by atoms with Gasteiger partial charge in [0.25, 0.3) is 0 Å². The van der Waals surface area contributed by atoms with Crippen molar-refractivity contribution in [3.8, 4) is 5.75 Å². The molecule has 0 radical (unpaired) electrons. The molecule has 0 saturated carbocycles. The van der Waals surface area contributed by atoms with Gasteiger partial charge in [-0.15, -0.1) is 0 Å². The van der Waals surface area contributed by atoms with E-state index in [0.29, 0.717) is 17.0 Å². The molecule has 2 aromatic rings. The number of aliphatic hydroxyl groups is 1. The third-order valence-corrected chi connectivity index (χ3v) is 4.34. The number of sulfonamides is 1. The minimum absolute atomic E-state index is 0.0725. The van der Waals surface area contributed by atoms with E-state index in [2.05, 4.69) is 9.82 Å². The van der Waals surface area contributed by atoms with Crippen molar-refractivity contribution in [3.05, 3.63) is 41.7 Å². The molecule has 0 amide bonds. The molecule has 0 bridgehead atoms. The lowest BCUT2D eigenvalue weighted by Gasteiger charge is -2.10. The predicted octanol–water partition coefficient (Wildman–Crippen LogP) is 0.399. The molecule has 1 heterocycles. The smallest absolute Gasteiger partial charge is 0.240 e. The van der Waals surface area contributed by atoms with Crippen molar-refractivity contribution in [3.63, 3.8) is 0 Å². The Bertz CT molecular complexity index is 725. The van der Waals surface area contributed by atoms with Gasteiger partial charge in [-0.05, 0) is 24.3 Å². The van der Waals surface area contributed by atoms with E-state index in [0.717, 1.165) is 0 Å². The molecule has 0 aliphatic heterocycles. The number of hydrogen-bond acceptors (Lipinski definition) is 5. The number of aryl methyl sites for hydroxylation is 1. The summed E-state index contributed by atoms with van der Waals surface area (Å²) >= 11 is 0. The molecule has 0 spiro atoms. The maximum Gasteiger partial charge on any atom is 0.240 e. The number of ether oxygens (including phenoxy) is 1. The second-order valence-corrected chi connectivity index (χ2v) is 6.20. The lowest BCUT2D eigenvalue weighted by molar-refractivity contribution is 0.273. The van der Waals surface area contributed by atoms with Gasteiger partial charge in [0.05, 0.1) is 30.9 Å². The minimum Gasteiger partial charge on any atom is -0.496 e. The maximum atomic E-state index is 12.2. The highest BCUT2D eigenvalue weighted by Crippen LogP contribution is 2.22. The zero-order valence-corrected chi connectivity index (χ0v) is 12.6. The summed E-state index contributed by atoms with van der Waals surface area (Å²) in [6.45, 7) is -0.198. The van der Waals surface area contributed by atoms with Crippen molar-refractivity contribution in [2.75, 3.05) is 7.11 Å². The van der Waals surface area contributed by atoms with Crippen LogP contribution in [0.15, 0.2) is 35.4 Å². The Morgan fingerprint density at radius 2 is 2.14 bits per heavy atom. The SMILES string of the molecule is COc1ccc(S(=O)(=O)NCc2ccn(C)n2)cc1CO. The van der Waals surface area contributed by atoms with Crippen molar-refractivity contribution in [2.24, 2.45) is 7.05 Å². The molecule has 8 heteroatoms. The number of nitrogens with zero attached hydrogens (tertiary/aromatic N) is 2. The lowest BCUT2D eigenvalue weighted by Crippen LogP contribution is -2.23. The van der Waals surface area contributed by atoms with Crippen LogP contribution in [0.5, 0.6) is 5.75 Å². The Morgan fingerprint density at radius 1 is 1.38 bits per heavy atom. The molecule has 1 aromatic carbocycles. The first-order valence-corrected chi connectivity index (χ1v) is 7.70. The first kappa shape index (κ1) is 15.5. The molecule has 0 saturated heterocycles. The fourth-order valence-corrected chi connectivity index (χ4v) is 2.90. The summed E-state index contributed by atoms with van der Waals surface area (Å²) in [7, 11) is -0.453. The van der Waals surface area contributed by atoms with Crippen molar-refractivity contribution >= 4 is 10.0 Å². The lowest BCUT2D eigenvalue weighted by atomic mass is 10.2. The highest BCUT2D eigenvalue weighted by molar-refractivity contribution is 7.89. The van der Waals surface area contributed by atoms with E-state index >= 15 is 0 Å². The quantitative estimate of drug-likeness (QED) is 0.805. The van der Waals surface area contributed by atoms with Crippen LogP contribution < -0.4 is 9.46 Å². The molecule has 2 rings (SSSR count). The summed E-state index contributed by atoms with van der Waals surface area (Å²) < 4.78 is 33.5. The molecule has 1 aromatic heterocycles. The molecule has 0 fully saturated rings. The first-order valence-electron chi connectivity index (χ1n) is 6.22. The Balaban J connectivity index is 2.19. The van der Waals surface area contributed by atoms with E-state index in [-0.39, 0.29) is 18.0 Å². The normalized spacial score (nSPS) is 11.6. The minimum atomic E-state index is -3.67. The molecule has 0 aliphatic rings. The fraction of sp³-hybridized carbons (Fsp3) is 0.308. The molecule has 7 nitrogen and oxygen atoms in total. The monoisotopic (exact) mass is 311 g/mol. The number of aliphatic hydroxyl groups excluding tert-OH is 1. The highest BCUT2D eigenvalue weighted by atomic mass is 32.2. The number of methoxy groups -OCH3 is 1. The van der Waals surface area contributed by atoms with E-state index in [1.54, 1.807) is 24.0 Å². The van der Waals surface area contributed by atoms with Crippen molar-refractivity contribution in [1.29, 1.82) is 0 Å². The van der Waals surface area contributed by atoms with Crippen molar-refractivity contribution in [2.45, 2.75) is 18.0 Å². The van der Waals surface area contributed by atoms with Gasteiger partial charge in [0.15, 0.2) is 0 Å². The second kappa shape index (κ2) is 6.25. The van der Waals surface area contributed by atoms with Crippen molar-refractivity contribution in [1.82, 2.24) is 14.5 Å². The number of hydrogen-bond donors (Lipinski definition) is 2. The summed E-state index contributed by atoms with van der Waals surface area (Å²) in [4.78, 5) is 0.0725. The van der Waals surface area contributed by atoms with Gasteiger partial charge in [-0.1, -0.05) is 0 Å². The van der Waals surface area contributed by atoms with Crippen LogP contribution in [-0.2, 0) is 30.2 Å². The molecular weight excluding hydrogens is 294 g/mol. The van der Waals surface area contributed by atoms with Crippen LogP contribution in [0.2, 0.25) is 0 Å². The Labute approximate surface area is 123 Å². The van der Waals surface area contributed by atoms with E-state index in [4.69, 9.17) is 4.74 Å². The van der Waals surface area contributed by atoms with Crippen LogP contribution in [0, 0.1) is 0 Å². The Hall–Kier alpha value is -1.90. The van der Waals surface area contributed by atoms with Crippen LogP contribution in [0.4, 0.5) is 0 Å². The fourth-order valence-electron chi connectivity index (χ4n) is 1.86. The van der Waals surface area contributed by atoms with Gasteiger partial charge in [0.1, 0.15) is 5.75 Å². The summed E-state index contributed by atoms with van der Waals surface area (Å²) in [5.74, 6) is 0.446. The largest absolute Gasteiger partial charge is 0.496 e. The van der Waals surface area contributed by atoms with Gasteiger partial charge in [-0.2, -0.15) is 5.10 Å². The number of aromatic nitrogens is 2. The van der Waals surface area contributed by atoms with Crippen LogP contribution in [0.25, 0.3) is 0 Å². The molecule has 0 atom stereocenters. The van der Waals surface area contributed by atoms with E-state index in [9.17, 15) is 13.5 Å². The predicted molar refractivity (Wildman–Crippen MR) is 76.2 cm³/mol. The molecule has 2 N–H and O–H groups in total. The van der Waals surface area contributed by atoms with E-state index in [1.807, 2.05) is 0 Å². The summed E-state index contributed by atoms with van der Waals surface area (Å²) in [5, 5.41) is 13.3. The van der Waals surface area contributed by atoms with Gasteiger partial charge < -0.3 is 9.84 Å². The average Bonchev–Trinajstić information content (AvgIpc) is 2.90. The molecule has 0 unspecified atom stereocenters.